The van der Waals surface area contributed by atoms with Crippen LogP contribution in [0.3, 0.4) is 0 Å². The molecule has 0 bridgehead atoms. The standard InChI is InChI=1S/C24H19F6N5O3S2/c1-13-21(40(37,38)34-22(2,3)12-36)39-19(32-13)9-6-15-11-31-35-18(24(28,29)30)10-17(33-20(15)35)14-4-7-16(8-5-14)23(25,26)27/h4-5,7-8,10-11,34,36H,12H2,1-3H3. The quantitative estimate of drug-likeness (QED) is 0.254. The molecule has 40 heavy (non-hydrogen) atoms. The Bertz CT molecular complexity index is 1750. The molecule has 0 spiro atoms. The Hall–Kier alpha value is -3.52. The number of fused-ring (bicyclic) bond motifs is 1. The second-order valence-corrected chi connectivity index (χ2v) is 12.1. The highest BCUT2D eigenvalue weighted by Gasteiger charge is 2.36. The third-order valence-electron chi connectivity index (χ3n) is 5.38. The van der Waals surface area contributed by atoms with Crippen LogP contribution in [-0.4, -0.2) is 45.3 Å². The van der Waals surface area contributed by atoms with Gasteiger partial charge in [-0.15, -0.1) is 0 Å². The molecule has 0 aliphatic rings. The van der Waals surface area contributed by atoms with Gasteiger partial charge in [0.05, 0.1) is 40.9 Å². The summed E-state index contributed by atoms with van der Waals surface area (Å²) in [6.45, 7) is 3.93. The lowest BCUT2D eigenvalue weighted by atomic mass is 10.1. The van der Waals surface area contributed by atoms with E-state index in [2.05, 4.69) is 31.6 Å². The smallest absolute Gasteiger partial charge is 0.394 e. The fourth-order valence-electron chi connectivity index (χ4n) is 3.48. The molecule has 0 fully saturated rings. The minimum atomic E-state index is -4.89. The number of nitrogens with zero attached hydrogens (tertiary/aromatic N) is 4. The van der Waals surface area contributed by atoms with Gasteiger partial charge in [-0.2, -0.15) is 31.4 Å². The van der Waals surface area contributed by atoms with Crippen molar-refractivity contribution in [2.24, 2.45) is 0 Å². The molecular formula is C24H19F6N5O3S2. The highest BCUT2D eigenvalue weighted by atomic mass is 32.2. The number of nitrogens with one attached hydrogen (secondary N) is 1. The highest BCUT2D eigenvalue weighted by Crippen LogP contribution is 2.34. The first-order chi connectivity index (χ1) is 18.4. The number of halogens is 6. The largest absolute Gasteiger partial charge is 0.433 e. The molecule has 2 N–H and O–H groups in total. The van der Waals surface area contributed by atoms with Crippen molar-refractivity contribution in [2.45, 2.75) is 42.9 Å². The molecule has 0 saturated heterocycles. The first-order valence-electron chi connectivity index (χ1n) is 11.2. The average Bonchev–Trinajstić information content (AvgIpc) is 3.43. The van der Waals surface area contributed by atoms with Gasteiger partial charge < -0.3 is 5.11 Å². The van der Waals surface area contributed by atoms with Crippen LogP contribution in [0, 0.1) is 18.8 Å². The van der Waals surface area contributed by atoms with Crippen LogP contribution in [0.2, 0.25) is 0 Å². The van der Waals surface area contributed by atoms with E-state index in [1.54, 1.807) is 0 Å². The van der Waals surface area contributed by atoms with Gasteiger partial charge in [0, 0.05) is 5.56 Å². The van der Waals surface area contributed by atoms with Crippen LogP contribution in [0.5, 0.6) is 0 Å². The molecule has 4 rings (SSSR count). The van der Waals surface area contributed by atoms with Gasteiger partial charge in [0.2, 0.25) is 0 Å². The number of aliphatic hydroxyl groups is 1. The third kappa shape index (κ3) is 6.12. The Morgan fingerprint density at radius 3 is 2.25 bits per heavy atom. The first kappa shape index (κ1) is 29.5. The number of thiazole rings is 1. The highest BCUT2D eigenvalue weighted by molar-refractivity contribution is 7.91. The molecule has 0 aliphatic carbocycles. The molecule has 0 aliphatic heterocycles. The summed E-state index contributed by atoms with van der Waals surface area (Å²) in [7, 11) is -4.06. The molecular weight excluding hydrogens is 584 g/mol. The lowest BCUT2D eigenvalue weighted by Gasteiger charge is -2.22. The number of sulfonamides is 1. The van der Waals surface area contributed by atoms with E-state index in [0.29, 0.717) is 10.6 Å². The average molecular weight is 604 g/mol. The van der Waals surface area contributed by atoms with Gasteiger partial charge in [-0.3, -0.25) is 0 Å². The van der Waals surface area contributed by atoms with Crippen LogP contribution in [0.25, 0.3) is 16.9 Å². The maximum absolute atomic E-state index is 13.8. The van der Waals surface area contributed by atoms with Crippen LogP contribution < -0.4 is 4.72 Å². The van der Waals surface area contributed by atoms with Crippen LogP contribution in [-0.2, 0) is 22.4 Å². The van der Waals surface area contributed by atoms with Crippen LogP contribution >= 0.6 is 11.3 Å². The van der Waals surface area contributed by atoms with Gasteiger partial charge in [0.1, 0.15) is 0 Å². The molecule has 212 valence electrons. The topological polar surface area (TPSA) is 109 Å². The zero-order valence-electron chi connectivity index (χ0n) is 20.8. The summed E-state index contributed by atoms with van der Waals surface area (Å²) in [5, 5.41) is 13.1. The minimum Gasteiger partial charge on any atom is -0.394 e. The second kappa shape index (κ2) is 10.1. The molecule has 1 aromatic carbocycles. The number of aryl methyl sites for hydroxylation is 1. The van der Waals surface area contributed by atoms with E-state index in [4.69, 9.17) is 0 Å². The summed E-state index contributed by atoms with van der Waals surface area (Å²) in [6, 6.07) is 4.16. The Kier molecular flexibility index (Phi) is 7.47. The van der Waals surface area contributed by atoms with Crippen molar-refractivity contribution in [3.63, 3.8) is 0 Å². The van der Waals surface area contributed by atoms with Crippen molar-refractivity contribution in [2.75, 3.05) is 6.61 Å². The SMILES string of the molecule is Cc1nc(C#Cc2cnn3c(C(F)(F)F)cc(-c4ccc(C(F)(F)F)cc4)nc23)sc1S(=O)(=O)NC(C)(C)CO. The van der Waals surface area contributed by atoms with Gasteiger partial charge in [0.25, 0.3) is 10.0 Å². The molecule has 4 aromatic rings. The van der Waals surface area contributed by atoms with Gasteiger partial charge in [-0.1, -0.05) is 29.4 Å². The number of aromatic nitrogens is 4. The van der Waals surface area contributed by atoms with Crippen molar-refractivity contribution in [3.8, 4) is 23.1 Å². The number of aliphatic hydroxyl groups excluding tert-OH is 1. The first-order valence-corrected chi connectivity index (χ1v) is 13.5. The summed E-state index contributed by atoms with van der Waals surface area (Å²) in [5.74, 6) is 5.21. The maximum atomic E-state index is 13.8. The number of benzene rings is 1. The molecule has 8 nitrogen and oxygen atoms in total. The molecule has 0 saturated carbocycles. The number of hydrogen-bond acceptors (Lipinski definition) is 7. The Labute approximate surface area is 227 Å². The number of hydrogen-bond donors (Lipinski definition) is 2. The van der Waals surface area contributed by atoms with Crippen molar-refractivity contribution in [1.82, 2.24) is 24.3 Å². The molecule has 0 radical (unpaired) electrons. The zero-order valence-corrected chi connectivity index (χ0v) is 22.4. The Morgan fingerprint density at radius 1 is 1.02 bits per heavy atom. The Morgan fingerprint density at radius 2 is 1.68 bits per heavy atom. The van der Waals surface area contributed by atoms with Gasteiger partial charge in [-0.05, 0) is 44.9 Å². The summed E-state index contributed by atoms with van der Waals surface area (Å²) in [4.78, 5) is 8.27. The number of alkyl halides is 6. The number of rotatable bonds is 5. The van der Waals surface area contributed by atoms with E-state index >= 15 is 0 Å². The van der Waals surface area contributed by atoms with Crippen molar-refractivity contribution >= 4 is 27.0 Å². The van der Waals surface area contributed by atoms with Crippen molar-refractivity contribution in [3.05, 3.63) is 64.1 Å². The lowest BCUT2D eigenvalue weighted by molar-refractivity contribution is -0.142. The van der Waals surface area contributed by atoms with E-state index in [0.717, 1.165) is 41.8 Å². The maximum Gasteiger partial charge on any atom is 0.433 e. The van der Waals surface area contributed by atoms with E-state index < -0.39 is 45.8 Å². The zero-order chi connectivity index (χ0) is 29.7. The van der Waals surface area contributed by atoms with E-state index in [1.807, 2.05) is 0 Å². The molecule has 0 atom stereocenters. The van der Waals surface area contributed by atoms with Crippen LogP contribution in [0.1, 0.15) is 41.4 Å². The summed E-state index contributed by atoms with van der Waals surface area (Å²) in [6.07, 6.45) is -8.48. The van der Waals surface area contributed by atoms with E-state index in [-0.39, 0.29) is 37.4 Å². The monoisotopic (exact) mass is 603 g/mol. The lowest BCUT2D eigenvalue weighted by Crippen LogP contribution is -2.46. The van der Waals surface area contributed by atoms with Gasteiger partial charge in [-0.25, -0.2) is 27.6 Å². The van der Waals surface area contributed by atoms with E-state index in [9.17, 15) is 39.9 Å². The summed E-state index contributed by atoms with van der Waals surface area (Å²) >= 11 is 0.719. The predicted octanol–water partition coefficient (Wildman–Crippen LogP) is 4.65. The normalized spacial score (nSPS) is 12.9. The summed E-state index contributed by atoms with van der Waals surface area (Å²) < 4.78 is 108. The second-order valence-electron chi connectivity index (χ2n) is 9.18. The Balaban J connectivity index is 1.77. The minimum absolute atomic E-state index is 0.00445. The fraction of sp³-hybridized carbons (Fsp3) is 0.292. The fourth-order valence-corrected chi connectivity index (χ4v) is 6.25. The molecule has 0 unspecified atom stereocenters. The van der Waals surface area contributed by atoms with Gasteiger partial charge in [0.15, 0.2) is 20.6 Å². The van der Waals surface area contributed by atoms with Crippen LogP contribution in [0.4, 0.5) is 26.3 Å². The van der Waals surface area contributed by atoms with Crippen molar-refractivity contribution in [1.29, 1.82) is 0 Å². The predicted molar refractivity (Wildman–Crippen MR) is 133 cm³/mol. The molecule has 16 heteroatoms. The van der Waals surface area contributed by atoms with E-state index in [1.165, 1.54) is 20.8 Å². The van der Waals surface area contributed by atoms with Crippen LogP contribution in [0.15, 0.2) is 40.7 Å². The van der Waals surface area contributed by atoms with Crippen molar-refractivity contribution < 1.29 is 39.9 Å². The summed E-state index contributed by atoms with van der Waals surface area (Å²) in [5.41, 5.74) is -3.85. The third-order valence-corrected chi connectivity index (χ3v) is 8.76. The molecule has 3 heterocycles. The molecule has 3 aromatic heterocycles. The van der Waals surface area contributed by atoms with Gasteiger partial charge >= 0.3 is 12.4 Å². The molecule has 0 amide bonds.